The third-order valence-corrected chi connectivity index (χ3v) is 3.18. The number of hydrogen-bond acceptors (Lipinski definition) is 4. The predicted octanol–water partition coefficient (Wildman–Crippen LogP) is 1.24. The number of piperidine rings is 1. The van der Waals surface area contributed by atoms with Gasteiger partial charge in [0.15, 0.2) is 0 Å². The molecular formula is C14H27N3O3. The lowest BCUT2D eigenvalue weighted by atomic mass is 10.0. The van der Waals surface area contributed by atoms with E-state index in [9.17, 15) is 9.59 Å². The summed E-state index contributed by atoms with van der Waals surface area (Å²) in [5.74, 6) is -0.195. The van der Waals surface area contributed by atoms with Crippen LogP contribution in [0.25, 0.3) is 0 Å². The topological polar surface area (TPSA) is 84.7 Å². The Bertz CT molecular complexity index is 350. The van der Waals surface area contributed by atoms with Gasteiger partial charge in [-0.05, 0) is 47.0 Å². The zero-order valence-corrected chi connectivity index (χ0v) is 12.9. The number of hydrogen-bond donors (Lipinski definition) is 2. The van der Waals surface area contributed by atoms with Gasteiger partial charge in [-0.25, -0.2) is 4.79 Å². The number of ether oxygens (including phenoxy) is 1. The quantitative estimate of drug-likeness (QED) is 0.817. The molecule has 0 saturated carbocycles. The maximum atomic E-state index is 12.2. The van der Waals surface area contributed by atoms with Crippen LogP contribution in [0.15, 0.2) is 0 Å². The second kappa shape index (κ2) is 6.92. The summed E-state index contributed by atoms with van der Waals surface area (Å²) in [6, 6.07) is -0.546. The Morgan fingerprint density at radius 2 is 2.05 bits per heavy atom. The van der Waals surface area contributed by atoms with Crippen LogP contribution in [-0.2, 0) is 9.53 Å². The SMILES string of the molecule is C[C@H](N)C(=O)NCC1CCCCN1C(=O)OC(C)(C)C. The van der Waals surface area contributed by atoms with Gasteiger partial charge >= 0.3 is 6.09 Å². The molecule has 2 atom stereocenters. The van der Waals surface area contributed by atoms with E-state index in [2.05, 4.69) is 5.32 Å². The van der Waals surface area contributed by atoms with E-state index in [1.807, 2.05) is 20.8 Å². The van der Waals surface area contributed by atoms with Crippen molar-refractivity contribution < 1.29 is 14.3 Å². The normalized spacial score (nSPS) is 21.2. The van der Waals surface area contributed by atoms with Gasteiger partial charge in [0.05, 0.1) is 12.1 Å². The number of nitrogens with two attached hydrogens (primary N) is 1. The van der Waals surface area contributed by atoms with Crippen LogP contribution in [0, 0.1) is 0 Å². The van der Waals surface area contributed by atoms with Crippen molar-refractivity contribution in [2.24, 2.45) is 5.73 Å². The fourth-order valence-corrected chi connectivity index (χ4v) is 2.15. The summed E-state index contributed by atoms with van der Waals surface area (Å²) in [6.45, 7) is 8.29. The standard InChI is InChI=1S/C14H27N3O3/c1-10(15)12(18)16-9-11-7-5-6-8-17(11)13(19)20-14(2,3)4/h10-11H,5-9,15H2,1-4H3,(H,16,18)/t10-,11?/m0/s1. The van der Waals surface area contributed by atoms with E-state index in [4.69, 9.17) is 10.5 Å². The smallest absolute Gasteiger partial charge is 0.410 e. The van der Waals surface area contributed by atoms with Crippen molar-refractivity contribution in [2.75, 3.05) is 13.1 Å². The van der Waals surface area contributed by atoms with E-state index in [1.54, 1.807) is 11.8 Å². The van der Waals surface area contributed by atoms with E-state index < -0.39 is 11.6 Å². The number of nitrogens with one attached hydrogen (secondary N) is 1. The largest absolute Gasteiger partial charge is 0.444 e. The Hall–Kier alpha value is -1.30. The third kappa shape index (κ3) is 5.36. The number of nitrogens with zero attached hydrogens (tertiary/aromatic N) is 1. The van der Waals surface area contributed by atoms with Gasteiger partial charge in [0, 0.05) is 13.1 Å². The summed E-state index contributed by atoms with van der Waals surface area (Å²) in [5, 5.41) is 2.79. The molecule has 1 heterocycles. The molecule has 0 aromatic heterocycles. The second-order valence-corrected chi connectivity index (χ2v) is 6.36. The van der Waals surface area contributed by atoms with Crippen LogP contribution < -0.4 is 11.1 Å². The minimum Gasteiger partial charge on any atom is -0.444 e. The maximum absolute atomic E-state index is 12.2. The van der Waals surface area contributed by atoms with Crippen molar-refractivity contribution in [2.45, 2.75) is 64.6 Å². The van der Waals surface area contributed by atoms with E-state index >= 15 is 0 Å². The van der Waals surface area contributed by atoms with Crippen molar-refractivity contribution in [3.8, 4) is 0 Å². The highest BCUT2D eigenvalue weighted by molar-refractivity contribution is 5.81. The highest BCUT2D eigenvalue weighted by Crippen LogP contribution is 2.20. The van der Waals surface area contributed by atoms with Gasteiger partial charge in [-0.3, -0.25) is 4.79 Å². The van der Waals surface area contributed by atoms with Gasteiger partial charge in [-0.2, -0.15) is 0 Å². The first kappa shape index (κ1) is 16.8. The molecule has 116 valence electrons. The van der Waals surface area contributed by atoms with E-state index in [0.29, 0.717) is 13.1 Å². The molecule has 1 saturated heterocycles. The average Bonchev–Trinajstić information content (AvgIpc) is 2.34. The van der Waals surface area contributed by atoms with E-state index in [1.165, 1.54) is 0 Å². The highest BCUT2D eigenvalue weighted by Gasteiger charge is 2.30. The number of carbonyl (C=O) groups excluding carboxylic acids is 2. The first-order chi connectivity index (χ1) is 9.20. The van der Waals surface area contributed by atoms with Crippen molar-refractivity contribution in [3.05, 3.63) is 0 Å². The molecule has 1 fully saturated rings. The molecule has 0 radical (unpaired) electrons. The molecule has 20 heavy (non-hydrogen) atoms. The summed E-state index contributed by atoms with van der Waals surface area (Å²) in [5.41, 5.74) is 5.01. The fourth-order valence-electron chi connectivity index (χ4n) is 2.15. The first-order valence-electron chi connectivity index (χ1n) is 7.23. The van der Waals surface area contributed by atoms with Crippen LogP contribution in [0.1, 0.15) is 47.0 Å². The number of likely N-dealkylation sites (tertiary alicyclic amines) is 1. The van der Waals surface area contributed by atoms with Crippen LogP contribution >= 0.6 is 0 Å². The lowest BCUT2D eigenvalue weighted by Crippen LogP contribution is -2.52. The van der Waals surface area contributed by atoms with Gasteiger partial charge in [-0.1, -0.05) is 0 Å². The summed E-state index contributed by atoms with van der Waals surface area (Å²) >= 11 is 0. The van der Waals surface area contributed by atoms with E-state index in [0.717, 1.165) is 19.3 Å². The van der Waals surface area contributed by atoms with Crippen LogP contribution in [-0.4, -0.2) is 47.7 Å². The molecule has 1 rings (SSSR count). The first-order valence-corrected chi connectivity index (χ1v) is 7.23. The minimum absolute atomic E-state index is 0.0127. The fraction of sp³-hybridized carbons (Fsp3) is 0.857. The molecule has 0 spiro atoms. The number of amides is 2. The van der Waals surface area contributed by atoms with Gasteiger partial charge in [-0.15, -0.1) is 0 Å². The van der Waals surface area contributed by atoms with Crippen molar-refractivity contribution >= 4 is 12.0 Å². The zero-order chi connectivity index (χ0) is 15.3. The van der Waals surface area contributed by atoms with Gasteiger partial charge in [0.2, 0.25) is 5.91 Å². The molecule has 0 bridgehead atoms. The molecular weight excluding hydrogens is 258 g/mol. The second-order valence-electron chi connectivity index (χ2n) is 6.36. The van der Waals surface area contributed by atoms with E-state index in [-0.39, 0.29) is 18.0 Å². The average molecular weight is 285 g/mol. The van der Waals surface area contributed by atoms with Crippen LogP contribution in [0.2, 0.25) is 0 Å². The Balaban J connectivity index is 2.58. The van der Waals surface area contributed by atoms with Crippen molar-refractivity contribution in [3.63, 3.8) is 0 Å². The van der Waals surface area contributed by atoms with Gasteiger partial charge in [0.1, 0.15) is 5.60 Å². The lowest BCUT2D eigenvalue weighted by molar-refractivity contribution is -0.122. The van der Waals surface area contributed by atoms with Gasteiger partial charge in [0.25, 0.3) is 0 Å². The zero-order valence-electron chi connectivity index (χ0n) is 12.9. The molecule has 1 unspecified atom stereocenters. The Morgan fingerprint density at radius 3 is 2.60 bits per heavy atom. The summed E-state index contributed by atoms with van der Waals surface area (Å²) in [6.07, 6.45) is 2.59. The van der Waals surface area contributed by atoms with Crippen LogP contribution in [0.4, 0.5) is 4.79 Å². The molecule has 2 amide bonds. The predicted molar refractivity (Wildman–Crippen MR) is 77.2 cm³/mol. The highest BCUT2D eigenvalue weighted by atomic mass is 16.6. The van der Waals surface area contributed by atoms with Crippen molar-refractivity contribution in [1.29, 1.82) is 0 Å². The molecule has 0 aromatic carbocycles. The summed E-state index contributed by atoms with van der Waals surface area (Å²) in [7, 11) is 0. The maximum Gasteiger partial charge on any atom is 0.410 e. The van der Waals surface area contributed by atoms with Crippen LogP contribution in [0.3, 0.4) is 0 Å². The van der Waals surface area contributed by atoms with Crippen molar-refractivity contribution in [1.82, 2.24) is 10.2 Å². The summed E-state index contributed by atoms with van der Waals surface area (Å²) < 4.78 is 5.41. The molecule has 0 aromatic rings. The lowest BCUT2D eigenvalue weighted by Gasteiger charge is -2.36. The minimum atomic E-state index is -0.534. The van der Waals surface area contributed by atoms with Gasteiger partial charge < -0.3 is 20.7 Å². The molecule has 6 nitrogen and oxygen atoms in total. The Labute approximate surface area is 121 Å². The monoisotopic (exact) mass is 285 g/mol. The molecule has 0 aliphatic carbocycles. The molecule has 1 aliphatic rings. The summed E-state index contributed by atoms with van der Waals surface area (Å²) in [4.78, 5) is 25.4. The van der Waals surface area contributed by atoms with Crippen LogP contribution in [0.5, 0.6) is 0 Å². The molecule has 1 aliphatic heterocycles. The molecule has 6 heteroatoms. The molecule has 3 N–H and O–H groups in total. The third-order valence-electron chi connectivity index (χ3n) is 3.18. The Kier molecular flexibility index (Phi) is 5.80. The number of rotatable bonds is 3. The Morgan fingerprint density at radius 1 is 1.40 bits per heavy atom. The number of carbonyl (C=O) groups is 2.